The second-order valence-electron chi connectivity index (χ2n) is 3.97. The molecule has 0 bridgehead atoms. The van der Waals surface area contributed by atoms with E-state index >= 15 is 0 Å². The van der Waals surface area contributed by atoms with Crippen molar-refractivity contribution >= 4 is 11.9 Å². The van der Waals surface area contributed by atoms with E-state index in [0.29, 0.717) is 5.95 Å². The van der Waals surface area contributed by atoms with E-state index < -0.39 is 0 Å². The summed E-state index contributed by atoms with van der Waals surface area (Å²) in [5.41, 5.74) is 1.39. The highest BCUT2D eigenvalue weighted by Crippen LogP contribution is 2.13. The summed E-state index contributed by atoms with van der Waals surface area (Å²) in [6, 6.07) is 0. The van der Waals surface area contributed by atoms with Gasteiger partial charge >= 0.3 is 0 Å². The second kappa shape index (κ2) is 4.83. The lowest BCUT2D eigenvalue weighted by atomic mass is 10.2. The fraction of sp³-hybridized carbons (Fsp3) is 0.455. The van der Waals surface area contributed by atoms with E-state index in [2.05, 4.69) is 38.7 Å². The van der Waals surface area contributed by atoms with Crippen molar-refractivity contribution in [3.8, 4) is 0 Å². The maximum Gasteiger partial charge on any atom is 0.245 e. The Morgan fingerprint density at radius 2 is 2.38 bits per heavy atom. The minimum atomic E-state index is 0.697. The molecule has 0 atom stereocenters. The van der Waals surface area contributed by atoms with Gasteiger partial charge in [-0.05, 0) is 12.8 Å². The van der Waals surface area contributed by atoms with Crippen LogP contribution in [0, 0.1) is 0 Å². The molecule has 1 aromatic rings. The average molecular weight is 219 g/mol. The van der Waals surface area contributed by atoms with Gasteiger partial charge in [0.2, 0.25) is 11.9 Å². The minimum absolute atomic E-state index is 0.697. The van der Waals surface area contributed by atoms with Crippen molar-refractivity contribution in [2.75, 3.05) is 30.9 Å². The average Bonchev–Trinajstić information content (AvgIpc) is 2.87. The van der Waals surface area contributed by atoms with Crippen LogP contribution in [0.25, 0.3) is 0 Å². The van der Waals surface area contributed by atoms with Crippen LogP contribution in [0.15, 0.2) is 23.8 Å². The third-order valence-corrected chi connectivity index (χ3v) is 2.43. The number of nitrogens with one attached hydrogen (secondary N) is 2. The Bertz CT molecular complexity index is 402. The van der Waals surface area contributed by atoms with Gasteiger partial charge in [-0.3, -0.25) is 0 Å². The summed E-state index contributed by atoms with van der Waals surface area (Å²) >= 11 is 0. The van der Waals surface area contributed by atoms with Crippen LogP contribution >= 0.6 is 0 Å². The Kier molecular flexibility index (Phi) is 3.24. The molecule has 0 aromatic carbocycles. The molecule has 0 amide bonds. The number of anilines is 2. The highest BCUT2D eigenvalue weighted by Gasteiger charge is 2.04. The third-order valence-electron chi connectivity index (χ3n) is 2.43. The molecule has 0 saturated carbocycles. The molecule has 1 aromatic heterocycles. The van der Waals surface area contributed by atoms with Gasteiger partial charge in [-0.15, -0.1) is 5.10 Å². The number of H-pyrrole nitrogens is 1. The summed E-state index contributed by atoms with van der Waals surface area (Å²) in [7, 11) is 3.84. The lowest BCUT2D eigenvalue weighted by Crippen LogP contribution is -2.10. The molecule has 16 heavy (non-hydrogen) atoms. The Morgan fingerprint density at radius 3 is 3.00 bits per heavy atom. The predicted molar refractivity (Wildman–Crippen MR) is 65.7 cm³/mol. The van der Waals surface area contributed by atoms with Crippen molar-refractivity contribution in [2.24, 2.45) is 0 Å². The van der Waals surface area contributed by atoms with Crippen LogP contribution in [0.5, 0.6) is 0 Å². The Morgan fingerprint density at radius 1 is 1.50 bits per heavy atom. The van der Waals surface area contributed by atoms with E-state index in [1.54, 1.807) is 0 Å². The van der Waals surface area contributed by atoms with Crippen molar-refractivity contribution in [3.05, 3.63) is 23.8 Å². The minimum Gasteiger partial charge on any atom is -0.354 e. The van der Waals surface area contributed by atoms with E-state index in [1.807, 2.05) is 19.0 Å². The summed E-state index contributed by atoms with van der Waals surface area (Å²) < 4.78 is 0. The topological polar surface area (TPSA) is 56.8 Å². The molecule has 0 saturated heterocycles. The zero-order valence-electron chi connectivity index (χ0n) is 9.70. The molecule has 2 rings (SSSR count). The fourth-order valence-electron chi connectivity index (χ4n) is 1.55. The molecule has 0 fully saturated rings. The lowest BCUT2D eigenvalue weighted by molar-refractivity contribution is 0.984. The Hall–Kier alpha value is -1.78. The van der Waals surface area contributed by atoms with Gasteiger partial charge in [0.1, 0.15) is 0 Å². The van der Waals surface area contributed by atoms with Crippen LogP contribution in [-0.4, -0.2) is 35.8 Å². The van der Waals surface area contributed by atoms with Gasteiger partial charge in [0, 0.05) is 20.6 Å². The van der Waals surface area contributed by atoms with E-state index in [9.17, 15) is 0 Å². The van der Waals surface area contributed by atoms with Crippen molar-refractivity contribution in [1.29, 1.82) is 0 Å². The lowest BCUT2D eigenvalue weighted by Gasteiger charge is -2.04. The van der Waals surface area contributed by atoms with Gasteiger partial charge in [0.25, 0.3) is 0 Å². The standard InChI is InChI=1S/C11H17N5/c1-16(2)11-13-10(14-15-11)12-8-7-9-5-3-4-6-9/h3,5-6H,4,7-8H2,1-2H3,(H2,12,13,14,15). The van der Waals surface area contributed by atoms with Gasteiger partial charge in [-0.2, -0.15) is 4.98 Å². The van der Waals surface area contributed by atoms with E-state index in [1.165, 1.54) is 5.57 Å². The molecule has 0 unspecified atom stereocenters. The predicted octanol–water partition coefficient (Wildman–Crippen LogP) is 1.56. The van der Waals surface area contributed by atoms with Crippen molar-refractivity contribution < 1.29 is 0 Å². The number of nitrogens with zero attached hydrogens (tertiary/aromatic N) is 3. The number of hydrogen-bond donors (Lipinski definition) is 2. The smallest absolute Gasteiger partial charge is 0.245 e. The maximum atomic E-state index is 4.28. The van der Waals surface area contributed by atoms with Gasteiger partial charge in [0.05, 0.1) is 0 Å². The highest BCUT2D eigenvalue weighted by molar-refractivity contribution is 5.35. The number of aromatic nitrogens is 3. The van der Waals surface area contributed by atoms with Crippen LogP contribution in [0.4, 0.5) is 11.9 Å². The monoisotopic (exact) mass is 219 g/mol. The fourth-order valence-corrected chi connectivity index (χ4v) is 1.55. The molecule has 5 heteroatoms. The molecule has 1 heterocycles. The van der Waals surface area contributed by atoms with Gasteiger partial charge < -0.3 is 10.2 Å². The van der Waals surface area contributed by atoms with Crippen LogP contribution in [0.3, 0.4) is 0 Å². The van der Waals surface area contributed by atoms with Crippen LogP contribution in [-0.2, 0) is 0 Å². The summed E-state index contributed by atoms with van der Waals surface area (Å²) in [6.45, 7) is 0.873. The molecule has 1 aliphatic rings. The number of aromatic amines is 1. The van der Waals surface area contributed by atoms with Crippen molar-refractivity contribution in [2.45, 2.75) is 12.8 Å². The van der Waals surface area contributed by atoms with Gasteiger partial charge in [0.15, 0.2) is 0 Å². The number of rotatable bonds is 5. The quantitative estimate of drug-likeness (QED) is 0.789. The van der Waals surface area contributed by atoms with Crippen LogP contribution in [0.2, 0.25) is 0 Å². The van der Waals surface area contributed by atoms with Crippen molar-refractivity contribution in [3.63, 3.8) is 0 Å². The highest BCUT2D eigenvalue weighted by atomic mass is 15.4. The largest absolute Gasteiger partial charge is 0.354 e. The number of hydrogen-bond acceptors (Lipinski definition) is 4. The molecular formula is C11H17N5. The molecule has 0 radical (unpaired) electrons. The van der Waals surface area contributed by atoms with Crippen LogP contribution < -0.4 is 10.2 Å². The molecule has 5 nitrogen and oxygen atoms in total. The molecule has 0 spiro atoms. The third kappa shape index (κ3) is 2.62. The summed E-state index contributed by atoms with van der Waals surface area (Å²) in [6.07, 6.45) is 8.69. The first kappa shape index (κ1) is 10.7. The first-order chi connectivity index (χ1) is 7.75. The SMILES string of the molecule is CN(C)c1n[nH]c(NCCC2=CCC=C2)n1. The first-order valence-electron chi connectivity index (χ1n) is 5.45. The van der Waals surface area contributed by atoms with Crippen molar-refractivity contribution in [1.82, 2.24) is 15.2 Å². The van der Waals surface area contributed by atoms with E-state index in [-0.39, 0.29) is 0 Å². The first-order valence-corrected chi connectivity index (χ1v) is 5.45. The summed E-state index contributed by atoms with van der Waals surface area (Å²) in [5.74, 6) is 1.42. The molecule has 1 aliphatic carbocycles. The zero-order valence-corrected chi connectivity index (χ0v) is 9.70. The van der Waals surface area contributed by atoms with Gasteiger partial charge in [-0.1, -0.05) is 23.8 Å². The summed E-state index contributed by atoms with van der Waals surface area (Å²) in [4.78, 5) is 6.15. The normalized spacial score (nSPS) is 14.0. The van der Waals surface area contributed by atoms with E-state index in [0.717, 1.165) is 25.3 Å². The van der Waals surface area contributed by atoms with Gasteiger partial charge in [-0.25, -0.2) is 5.10 Å². The molecule has 0 aliphatic heterocycles. The van der Waals surface area contributed by atoms with Crippen LogP contribution in [0.1, 0.15) is 12.8 Å². The zero-order chi connectivity index (χ0) is 11.4. The molecule has 86 valence electrons. The summed E-state index contributed by atoms with van der Waals surface area (Å²) in [5, 5.41) is 10.1. The maximum absolute atomic E-state index is 4.28. The Balaban J connectivity index is 1.78. The Labute approximate surface area is 95.3 Å². The van der Waals surface area contributed by atoms with E-state index in [4.69, 9.17) is 0 Å². The second-order valence-corrected chi connectivity index (χ2v) is 3.97. The number of allylic oxidation sites excluding steroid dienone is 3. The molecular weight excluding hydrogens is 202 g/mol. The molecule has 2 N–H and O–H groups in total.